The summed E-state index contributed by atoms with van der Waals surface area (Å²) in [6, 6.07) is 5.88. The molecule has 10 heteroatoms. The molecule has 2 atom stereocenters. The van der Waals surface area contributed by atoms with Gasteiger partial charge in [-0.2, -0.15) is 13.2 Å². The van der Waals surface area contributed by atoms with Crippen LogP contribution in [0, 0.1) is 11.8 Å². The molecule has 2 N–H and O–H groups in total. The van der Waals surface area contributed by atoms with Gasteiger partial charge in [-0.1, -0.05) is 6.07 Å². The molecule has 4 fully saturated rings. The normalized spacial score (nSPS) is 30.7. The molecule has 2 aromatic heterocycles. The topological polar surface area (TPSA) is 96.9 Å². The first-order chi connectivity index (χ1) is 15.2. The van der Waals surface area contributed by atoms with Gasteiger partial charge in [-0.25, -0.2) is 9.97 Å². The van der Waals surface area contributed by atoms with Crippen LogP contribution in [-0.2, 0) is 6.18 Å². The largest absolute Gasteiger partial charge is 0.433 e. The number of aromatic nitrogens is 3. The first-order valence-corrected chi connectivity index (χ1v) is 10.6. The van der Waals surface area contributed by atoms with E-state index in [1.54, 1.807) is 24.4 Å². The summed E-state index contributed by atoms with van der Waals surface area (Å²) in [5, 5.41) is 6.13. The average molecular weight is 445 g/mol. The van der Waals surface area contributed by atoms with E-state index in [0.29, 0.717) is 24.0 Å². The van der Waals surface area contributed by atoms with Crippen LogP contribution in [-0.4, -0.2) is 37.8 Å². The van der Waals surface area contributed by atoms with E-state index in [4.69, 9.17) is 0 Å². The van der Waals surface area contributed by atoms with Crippen LogP contribution in [0.4, 0.5) is 13.2 Å². The second kappa shape index (κ2) is 7.25. The van der Waals surface area contributed by atoms with Crippen molar-refractivity contribution < 1.29 is 22.8 Å². The number of halogens is 3. The molecule has 4 aliphatic carbocycles. The molecule has 4 bridgehead atoms. The lowest BCUT2D eigenvalue weighted by Crippen LogP contribution is -2.70. The predicted molar refractivity (Wildman–Crippen MR) is 106 cm³/mol. The van der Waals surface area contributed by atoms with Crippen LogP contribution < -0.4 is 10.6 Å². The standard InChI is InChI=1S/C22H22F3N5O2/c23-22(24,25)16-4-6-27-17(28-16)19(32)30-21-10-13-7-14(11-21)9-20(8-13,12-21)29-18(31)15-3-1-2-5-26-15/h1-6,13-14H,7-12H2,(H,29,31)(H,30,32). The number of pyridine rings is 1. The Hall–Kier alpha value is -3.04. The van der Waals surface area contributed by atoms with E-state index >= 15 is 0 Å². The van der Waals surface area contributed by atoms with Crippen LogP contribution in [0.25, 0.3) is 0 Å². The van der Waals surface area contributed by atoms with Gasteiger partial charge in [-0.3, -0.25) is 14.6 Å². The number of nitrogens with one attached hydrogen (secondary N) is 2. The number of hydrogen-bond acceptors (Lipinski definition) is 5. The first kappa shape index (κ1) is 20.8. The molecule has 2 unspecified atom stereocenters. The Labute approximate surface area is 182 Å². The molecular weight excluding hydrogens is 423 g/mol. The Morgan fingerprint density at radius 2 is 1.56 bits per heavy atom. The van der Waals surface area contributed by atoms with Crippen molar-refractivity contribution in [1.82, 2.24) is 25.6 Å². The summed E-state index contributed by atoms with van der Waals surface area (Å²) in [6.07, 6.45) is 2.50. The molecule has 168 valence electrons. The summed E-state index contributed by atoms with van der Waals surface area (Å²) in [7, 11) is 0. The summed E-state index contributed by atoms with van der Waals surface area (Å²) in [5.41, 5.74) is -1.89. The second-order valence-electron chi connectivity index (χ2n) is 9.41. The van der Waals surface area contributed by atoms with Gasteiger partial charge in [0.05, 0.1) is 0 Å². The fourth-order valence-corrected chi connectivity index (χ4v) is 6.28. The van der Waals surface area contributed by atoms with Crippen molar-refractivity contribution >= 4 is 11.8 Å². The van der Waals surface area contributed by atoms with Crippen LogP contribution in [0.15, 0.2) is 36.7 Å². The highest BCUT2D eigenvalue weighted by molar-refractivity contribution is 5.93. The van der Waals surface area contributed by atoms with Crippen molar-refractivity contribution in [3.05, 3.63) is 53.9 Å². The minimum absolute atomic E-state index is 0.254. The number of hydrogen-bond donors (Lipinski definition) is 2. The molecule has 2 amide bonds. The number of carbonyl (C=O) groups is 2. The van der Waals surface area contributed by atoms with Crippen LogP contribution >= 0.6 is 0 Å². The van der Waals surface area contributed by atoms with E-state index in [-0.39, 0.29) is 5.91 Å². The highest BCUT2D eigenvalue weighted by atomic mass is 19.4. The molecule has 4 aliphatic rings. The lowest BCUT2D eigenvalue weighted by molar-refractivity contribution is -0.141. The third-order valence-corrected chi connectivity index (χ3v) is 6.87. The maximum Gasteiger partial charge on any atom is 0.433 e. The van der Waals surface area contributed by atoms with Gasteiger partial charge >= 0.3 is 6.18 Å². The lowest BCUT2D eigenvalue weighted by atomic mass is 9.50. The lowest BCUT2D eigenvalue weighted by Gasteiger charge is -2.62. The van der Waals surface area contributed by atoms with Gasteiger partial charge in [0.25, 0.3) is 11.8 Å². The maximum absolute atomic E-state index is 13.0. The van der Waals surface area contributed by atoms with Crippen molar-refractivity contribution in [1.29, 1.82) is 0 Å². The maximum atomic E-state index is 13.0. The molecular formula is C22H22F3N5O2. The third kappa shape index (κ3) is 3.82. The van der Waals surface area contributed by atoms with Crippen molar-refractivity contribution in [3.63, 3.8) is 0 Å². The monoisotopic (exact) mass is 445 g/mol. The van der Waals surface area contributed by atoms with Crippen molar-refractivity contribution in [2.45, 2.75) is 55.8 Å². The molecule has 32 heavy (non-hydrogen) atoms. The predicted octanol–water partition coefficient (Wildman–Crippen LogP) is 3.14. The number of alkyl halides is 3. The van der Waals surface area contributed by atoms with Gasteiger partial charge in [0.1, 0.15) is 11.4 Å². The van der Waals surface area contributed by atoms with Gasteiger partial charge in [-0.15, -0.1) is 0 Å². The molecule has 0 radical (unpaired) electrons. The van der Waals surface area contributed by atoms with Crippen LogP contribution in [0.3, 0.4) is 0 Å². The summed E-state index contributed by atoms with van der Waals surface area (Å²) >= 11 is 0. The average Bonchev–Trinajstić information content (AvgIpc) is 2.72. The van der Waals surface area contributed by atoms with Gasteiger partial charge in [0.2, 0.25) is 5.82 Å². The summed E-state index contributed by atoms with van der Waals surface area (Å²) in [6.45, 7) is 0. The van der Waals surface area contributed by atoms with Crippen molar-refractivity contribution in [2.75, 3.05) is 0 Å². The first-order valence-electron chi connectivity index (χ1n) is 10.6. The van der Waals surface area contributed by atoms with Crippen LogP contribution in [0.1, 0.15) is 65.3 Å². The van der Waals surface area contributed by atoms with Gasteiger partial charge in [0, 0.05) is 23.5 Å². The fraction of sp³-hybridized carbons (Fsp3) is 0.500. The zero-order chi connectivity index (χ0) is 22.6. The molecule has 2 aromatic rings. The fourth-order valence-electron chi connectivity index (χ4n) is 6.28. The summed E-state index contributed by atoms with van der Waals surface area (Å²) in [4.78, 5) is 37.0. The number of rotatable bonds is 4. The Morgan fingerprint density at radius 3 is 2.16 bits per heavy atom. The van der Waals surface area contributed by atoms with Crippen molar-refractivity contribution in [3.8, 4) is 0 Å². The highest BCUT2D eigenvalue weighted by Crippen LogP contribution is 2.57. The minimum Gasteiger partial charge on any atom is -0.345 e. The van der Waals surface area contributed by atoms with Gasteiger partial charge < -0.3 is 10.6 Å². The van der Waals surface area contributed by atoms with Gasteiger partial charge in [0.15, 0.2) is 0 Å². The Kier molecular flexibility index (Phi) is 4.72. The van der Waals surface area contributed by atoms with E-state index < -0.39 is 34.7 Å². The zero-order valence-corrected chi connectivity index (χ0v) is 17.2. The Balaban J connectivity index is 1.37. The quantitative estimate of drug-likeness (QED) is 0.754. The Bertz CT molecular complexity index is 1050. The zero-order valence-electron chi connectivity index (χ0n) is 17.2. The molecule has 2 heterocycles. The van der Waals surface area contributed by atoms with Crippen LogP contribution in [0.2, 0.25) is 0 Å². The van der Waals surface area contributed by atoms with Crippen LogP contribution in [0.5, 0.6) is 0 Å². The molecule has 0 aromatic carbocycles. The van der Waals surface area contributed by atoms with E-state index in [0.717, 1.165) is 44.4 Å². The van der Waals surface area contributed by atoms with E-state index in [2.05, 4.69) is 25.6 Å². The molecule has 7 nitrogen and oxygen atoms in total. The molecule has 0 aliphatic heterocycles. The van der Waals surface area contributed by atoms with E-state index in [1.165, 1.54) is 0 Å². The summed E-state index contributed by atoms with van der Waals surface area (Å²) in [5.74, 6) is -0.826. The molecule has 0 saturated heterocycles. The number of carbonyl (C=O) groups excluding carboxylic acids is 2. The minimum atomic E-state index is -4.65. The smallest absolute Gasteiger partial charge is 0.345 e. The van der Waals surface area contributed by atoms with E-state index in [1.807, 2.05) is 0 Å². The SMILES string of the molecule is O=C(NC12CC3CC(C1)CC(NC(=O)c1nccc(C(F)(F)F)n1)(C3)C2)c1ccccn1. The highest BCUT2D eigenvalue weighted by Gasteiger charge is 2.59. The van der Waals surface area contributed by atoms with E-state index in [9.17, 15) is 22.8 Å². The molecule has 6 rings (SSSR count). The molecule has 4 saturated carbocycles. The van der Waals surface area contributed by atoms with Crippen molar-refractivity contribution in [2.24, 2.45) is 11.8 Å². The molecule has 0 spiro atoms. The number of nitrogens with zero attached hydrogens (tertiary/aromatic N) is 3. The summed E-state index contributed by atoms with van der Waals surface area (Å²) < 4.78 is 39.0. The third-order valence-electron chi connectivity index (χ3n) is 6.87. The second-order valence-corrected chi connectivity index (χ2v) is 9.41. The number of amides is 2. The van der Waals surface area contributed by atoms with Gasteiger partial charge in [-0.05, 0) is 68.6 Å². The Morgan fingerprint density at radius 1 is 0.906 bits per heavy atom.